The van der Waals surface area contributed by atoms with Gasteiger partial charge in [0.2, 0.25) is 0 Å². The summed E-state index contributed by atoms with van der Waals surface area (Å²) in [6.45, 7) is 2.38. The number of rotatable bonds is 5. The van der Waals surface area contributed by atoms with E-state index in [1.165, 1.54) is 49.3 Å². The van der Waals surface area contributed by atoms with Crippen LogP contribution in [0.3, 0.4) is 0 Å². The molecule has 98 valence electrons. The maximum Gasteiger partial charge on any atom is 0.0108 e. The molecule has 1 aromatic rings. The Labute approximate surface area is 115 Å². The zero-order valence-electron chi connectivity index (χ0n) is 11.0. The highest BCUT2D eigenvalue weighted by atomic mass is 32.2. The van der Waals surface area contributed by atoms with Gasteiger partial charge < -0.3 is 5.32 Å². The molecule has 1 aliphatic heterocycles. The summed E-state index contributed by atoms with van der Waals surface area (Å²) in [7, 11) is 0. The molecule has 0 bridgehead atoms. The molecule has 1 heterocycles. The van der Waals surface area contributed by atoms with Crippen molar-refractivity contribution in [2.75, 3.05) is 18.8 Å². The van der Waals surface area contributed by atoms with E-state index in [-0.39, 0.29) is 0 Å². The molecule has 0 saturated heterocycles. The zero-order valence-corrected chi connectivity index (χ0v) is 11.8. The Morgan fingerprint density at radius 2 is 2.00 bits per heavy atom. The monoisotopic (exact) mass is 261 g/mol. The van der Waals surface area contributed by atoms with Crippen molar-refractivity contribution < 1.29 is 0 Å². The van der Waals surface area contributed by atoms with E-state index in [1.54, 1.807) is 5.56 Å². The molecule has 1 saturated carbocycles. The minimum Gasteiger partial charge on any atom is -0.316 e. The maximum absolute atomic E-state index is 3.68. The second-order valence-electron chi connectivity index (χ2n) is 5.69. The molecule has 2 aliphatic rings. The van der Waals surface area contributed by atoms with Crippen LogP contribution in [0.2, 0.25) is 0 Å². The van der Waals surface area contributed by atoms with Crippen molar-refractivity contribution in [3.05, 3.63) is 29.8 Å². The Hall–Kier alpha value is -0.470. The van der Waals surface area contributed by atoms with Gasteiger partial charge in [-0.25, -0.2) is 0 Å². The van der Waals surface area contributed by atoms with Crippen molar-refractivity contribution in [1.29, 1.82) is 0 Å². The van der Waals surface area contributed by atoms with E-state index < -0.39 is 0 Å². The molecule has 1 atom stereocenters. The molecular weight excluding hydrogens is 238 g/mol. The Morgan fingerprint density at radius 3 is 2.89 bits per heavy atom. The van der Waals surface area contributed by atoms with Gasteiger partial charge in [-0.05, 0) is 30.5 Å². The lowest BCUT2D eigenvalue weighted by atomic mass is 10.0. The molecule has 0 amide bonds. The first-order valence-corrected chi connectivity index (χ1v) is 8.34. The predicted octanol–water partition coefficient (Wildman–Crippen LogP) is 4.05. The normalized spacial score (nSPS) is 23.4. The highest BCUT2D eigenvalue weighted by Gasteiger charge is 2.22. The predicted molar refractivity (Wildman–Crippen MR) is 79.4 cm³/mol. The quantitative estimate of drug-likeness (QED) is 0.803. The van der Waals surface area contributed by atoms with Crippen LogP contribution in [0.1, 0.15) is 43.6 Å². The fourth-order valence-corrected chi connectivity index (χ4v) is 4.53. The van der Waals surface area contributed by atoms with Crippen molar-refractivity contribution >= 4 is 11.8 Å². The summed E-state index contributed by atoms with van der Waals surface area (Å²) in [5.41, 5.74) is 1.57. The Balaban J connectivity index is 1.41. The number of thioether (sulfide) groups is 1. The second kappa shape index (κ2) is 6.12. The van der Waals surface area contributed by atoms with Crippen LogP contribution >= 0.6 is 11.8 Å². The molecule has 1 aliphatic carbocycles. The lowest BCUT2D eigenvalue weighted by Crippen LogP contribution is -2.23. The average Bonchev–Trinajstić information content (AvgIpc) is 3.04. The standard InChI is InChI=1S/C16H23NS/c1-2-6-13(5-1)9-10-17-11-14-12-18-16-8-4-3-7-15(14)16/h3-4,7-8,13-14,17H,1-2,5-6,9-12H2. The Morgan fingerprint density at radius 1 is 1.17 bits per heavy atom. The van der Waals surface area contributed by atoms with E-state index in [9.17, 15) is 0 Å². The third kappa shape index (κ3) is 2.92. The van der Waals surface area contributed by atoms with Crippen LogP contribution in [-0.4, -0.2) is 18.8 Å². The molecular formula is C16H23NS. The molecule has 1 unspecified atom stereocenters. The van der Waals surface area contributed by atoms with Gasteiger partial charge >= 0.3 is 0 Å². The molecule has 1 aromatic carbocycles. The summed E-state index contributed by atoms with van der Waals surface area (Å²) in [5, 5.41) is 3.68. The van der Waals surface area contributed by atoms with Gasteiger partial charge in [-0.2, -0.15) is 0 Å². The molecule has 2 heteroatoms. The number of fused-ring (bicyclic) bond motifs is 1. The van der Waals surface area contributed by atoms with Crippen LogP contribution in [0.15, 0.2) is 29.2 Å². The van der Waals surface area contributed by atoms with E-state index in [0.717, 1.165) is 18.4 Å². The maximum atomic E-state index is 3.68. The molecule has 1 N–H and O–H groups in total. The minimum atomic E-state index is 0.731. The van der Waals surface area contributed by atoms with Crippen LogP contribution in [0.25, 0.3) is 0 Å². The first-order chi connectivity index (χ1) is 8.93. The van der Waals surface area contributed by atoms with Gasteiger partial charge in [-0.15, -0.1) is 11.8 Å². The van der Waals surface area contributed by atoms with Gasteiger partial charge in [0, 0.05) is 23.1 Å². The highest BCUT2D eigenvalue weighted by molar-refractivity contribution is 7.99. The SMILES string of the molecule is c1ccc2c(c1)SCC2CNCCC1CCCC1. The molecule has 18 heavy (non-hydrogen) atoms. The summed E-state index contributed by atoms with van der Waals surface area (Å²) in [5.74, 6) is 3.01. The largest absolute Gasteiger partial charge is 0.316 e. The third-order valence-electron chi connectivity index (χ3n) is 4.39. The van der Waals surface area contributed by atoms with Crippen LogP contribution in [-0.2, 0) is 0 Å². The number of benzene rings is 1. The number of hydrogen-bond acceptors (Lipinski definition) is 2. The van der Waals surface area contributed by atoms with E-state index in [2.05, 4.69) is 29.6 Å². The first-order valence-electron chi connectivity index (χ1n) is 7.36. The summed E-state index contributed by atoms with van der Waals surface area (Å²) >= 11 is 2.02. The van der Waals surface area contributed by atoms with E-state index >= 15 is 0 Å². The minimum absolute atomic E-state index is 0.731. The van der Waals surface area contributed by atoms with Crippen molar-refractivity contribution in [2.24, 2.45) is 5.92 Å². The molecule has 1 fully saturated rings. The van der Waals surface area contributed by atoms with Crippen molar-refractivity contribution in [2.45, 2.75) is 42.9 Å². The van der Waals surface area contributed by atoms with Gasteiger partial charge in [0.15, 0.2) is 0 Å². The third-order valence-corrected chi connectivity index (χ3v) is 5.65. The topological polar surface area (TPSA) is 12.0 Å². The number of nitrogens with one attached hydrogen (secondary N) is 1. The van der Waals surface area contributed by atoms with Gasteiger partial charge in [-0.3, -0.25) is 0 Å². The summed E-state index contributed by atoms with van der Waals surface area (Å²) in [6, 6.07) is 8.90. The summed E-state index contributed by atoms with van der Waals surface area (Å²) in [4.78, 5) is 1.50. The van der Waals surface area contributed by atoms with Crippen molar-refractivity contribution in [3.8, 4) is 0 Å². The van der Waals surface area contributed by atoms with Gasteiger partial charge in [0.25, 0.3) is 0 Å². The summed E-state index contributed by atoms with van der Waals surface area (Å²) in [6.07, 6.45) is 7.28. The number of hydrogen-bond donors (Lipinski definition) is 1. The van der Waals surface area contributed by atoms with E-state index in [1.807, 2.05) is 11.8 Å². The first kappa shape index (κ1) is 12.6. The Bertz CT molecular complexity index is 384. The van der Waals surface area contributed by atoms with Gasteiger partial charge in [0.05, 0.1) is 0 Å². The van der Waals surface area contributed by atoms with Crippen molar-refractivity contribution in [3.63, 3.8) is 0 Å². The highest BCUT2D eigenvalue weighted by Crippen LogP contribution is 2.38. The Kier molecular flexibility index (Phi) is 4.27. The van der Waals surface area contributed by atoms with Gasteiger partial charge in [-0.1, -0.05) is 43.9 Å². The van der Waals surface area contributed by atoms with Crippen LogP contribution in [0.5, 0.6) is 0 Å². The lowest BCUT2D eigenvalue weighted by molar-refractivity contribution is 0.472. The molecule has 1 nitrogen and oxygen atoms in total. The fraction of sp³-hybridized carbons (Fsp3) is 0.625. The smallest absolute Gasteiger partial charge is 0.0108 e. The van der Waals surface area contributed by atoms with Crippen LogP contribution in [0, 0.1) is 5.92 Å². The summed E-state index contributed by atoms with van der Waals surface area (Å²) < 4.78 is 0. The molecule has 0 spiro atoms. The molecule has 3 rings (SSSR count). The average molecular weight is 261 g/mol. The molecule has 0 aromatic heterocycles. The second-order valence-corrected chi connectivity index (χ2v) is 6.75. The van der Waals surface area contributed by atoms with E-state index in [0.29, 0.717) is 0 Å². The van der Waals surface area contributed by atoms with Crippen molar-refractivity contribution in [1.82, 2.24) is 5.32 Å². The fourth-order valence-electron chi connectivity index (χ4n) is 3.28. The van der Waals surface area contributed by atoms with Crippen LogP contribution < -0.4 is 5.32 Å². The lowest BCUT2D eigenvalue weighted by Gasteiger charge is -2.14. The molecule has 0 radical (unpaired) electrons. The zero-order chi connectivity index (χ0) is 12.2. The van der Waals surface area contributed by atoms with E-state index in [4.69, 9.17) is 0 Å². The van der Waals surface area contributed by atoms with Crippen LogP contribution in [0.4, 0.5) is 0 Å². The van der Waals surface area contributed by atoms with Gasteiger partial charge in [0.1, 0.15) is 0 Å².